The zero-order chi connectivity index (χ0) is 15.2. The molecule has 1 aromatic rings. The Kier molecular flexibility index (Phi) is 5.99. The molecule has 1 N–H and O–H groups in total. The van der Waals surface area contributed by atoms with Crippen LogP contribution in [0.3, 0.4) is 0 Å². The number of hydrogen-bond donors (Lipinski definition) is 1. The quantitative estimate of drug-likeness (QED) is 0.903. The monoisotopic (exact) mass is 314 g/mol. The standard InChI is InChI=1S/C15H20F2N2OS/c1-11(19-4-6-21-7-5-19)15(20)18-3-2-12-8-13(16)10-14(17)9-12/h8-11H,2-7H2,1H3,(H,18,20). The normalized spacial score (nSPS) is 17.5. The van der Waals surface area contributed by atoms with E-state index in [4.69, 9.17) is 0 Å². The van der Waals surface area contributed by atoms with Gasteiger partial charge in [0.15, 0.2) is 0 Å². The van der Waals surface area contributed by atoms with E-state index in [9.17, 15) is 13.6 Å². The van der Waals surface area contributed by atoms with Crippen molar-refractivity contribution in [2.45, 2.75) is 19.4 Å². The lowest BCUT2D eigenvalue weighted by Crippen LogP contribution is -2.48. The molecule has 6 heteroatoms. The summed E-state index contributed by atoms with van der Waals surface area (Å²) in [5.74, 6) is 0.908. The predicted octanol–water partition coefficient (Wildman–Crippen LogP) is 2.06. The Labute approximate surface area is 128 Å². The molecule has 1 heterocycles. The van der Waals surface area contributed by atoms with E-state index in [2.05, 4.69) is 10.2 Å². The average molecular weight is 314 g/mol. The Bertz CT molecular complexity index is 472. The molecule has 2 rings (SSSR count). The van der Waals surface area contributed by atoms with Gasteiger partial charge in [0.05, 0.1) is 6.04 Å². The molecule has 0 radical (unpaired) electrons. The summed E-state index contributed by atoms with van der Waals surface area (Å²) in [5, 5.41) is 2.83. The Hall–Kier alpha value is -1.14. The molecule has 0 aliphatic carbocycles. The summed E-state index contributed by atoms with van der Waals surface area (Å²) in [7, 11) is 0. The molecule has 3 nitrogen and oxygen atoms in total. The maximum absolute atomic E-state index is 13.0. The van der Waals surface area contributed by atoms with E-state index in [0.717, 1.165) is 30.7 Å². The van der Waals surface area contributed by atoms with Gasteiger partial charge in [0, 0.05) is 37.2 Å². The van der Waals surface area contributed by atoms with E-state index in [1.54, 1.807) is 0 Å². The van der Waals surface area contributed by atoms with Crippen molar-refractivity contribution in [3.05, 3.63) is 35.4 Å². The summed E-state index contributed by atoms with van der Waals surface area (Å²) >= 11 is 1.90. The third-order valence-corrected chi connectivity index (χ3v) is 4.55. The van der Waals surface area contributed by atoms with E-state index >= 15 is 0 Å². The molecule has 0 saturated carbocycles. The van der Waals surface area contributed by atoms with Crippen LogP contribution in [0.1, 0.15) is 12.5 Å². The average Bonchev–Trinajstić information content (AvgIpc) is 2.46. The van der Waals surface area contributed by atoms with Crippen LogP contribution in [-0.4, -0.2) is 48.0 Å². The van der Waals surface area contributed by atoms with Crippen LogP contribution < -0.4 is 5.32 Å². The van der Waals surface area contributed by atoms with Crippen molar-refractivity contribution in [3.63, 3.8) is 0 Å². The molecule has 1 aliphatic rings. The van der Waals surface area contributed by atoms with Crippen molar-refractivity contribution >= 4 is 17.7 Å². The van der Waals surface area contributed by atoms with Gasteiger partial charge in [-0.25, -0.2) is 8.78 Å². The van der Waals surface area contributed by atoms with Crippen molar-refractivity contribution in [1.82, 2.24) is 10.2 Å². The highest BCUT2D eigenvalue weighted by Gasteiger charge is 2.22. The first-order chi connectivity index (χ1) is 10.1. The van der Waals surface area contributed by atoms with Gasteiger partial charge < -0.3 is 5.32 Å². The molecule has 1 saturated heterocycles. The minimum absolute atomic E-state index is 0.0289. The second-order valence-electron chi connectivity index (χ2n) is 5.14. The molecule has 21 heavy (non-hydrogen) atoms. The SMILES string of the molecule is CC(C(=O)NCCc1cc(F)cc(F)c1)N1CCSCC1. The molecule has 1 unspecified atom stereocenters. The van der Waals surface area contributed by atoms with Crippen LogP contribution >= 0.6 is 11.8 Å². The number of thioether (sulfide) groups is 1. The van der Waals surface area contributed by atoms with Gasteiger partial charge in [-0.15, -0.1) is 0 Å². The highest BCUT2D eigenvalue weighted by molar-refractivity contribution is 7.99. The Balaban J connectivity index is 1.78. The second kappa shape index (κ2) is 7.75. The molecule has 1 aromatic carbocycles. The Morgan fingerprint density at radius 2 is 1.90 bits per heavy atom. The predicted molar refractivity (Wildman–Crippen MR) is 81.4 cm³/mol. The van der Waals surface area contributed by atoms with Crippen LogP contribution in [0.4, 0.5) is 8.78 Å². The fourth-order valence-electron chi connectivity index (χ4n) is 2.36. The summed E-state index contributed by atoms with van der Waals surface area (Å²) < 4.78 is 26.1. The number of carbonyl (C=O) groups excluding carboxylic acids is 1. The lowest BCUT2D eigenvalue weighted by molar-refractivity contribution is -0.125. The van der Waals surface area contributed by atoms with Crippen molar-refractivity contribution in [1.29, 1.82) is 0 Å². The molecule has 0 spiro atoms. The molecule has 1 amide bonds. The summed E-state index contributed by atoms with van der Waals surface area (Å²) in [6.45, 7) is 4.13. The van der Waals surface area contributed by atoms with Crippen LogP contribution in [-0.2, 0) is 11.2 Å². The van der Waals surface area contributed by atoms with E-state index in [-0.39, 0.29) is 11.9 Å². The third-order valence-electron chi connectivity index (χ3n) is 3.61. The van der Waals surface area contributed by atoms with E-state index in [1.807, 2.05) is 18.7 Å². The number of halogens is 2. The zero-order valence-electron chi connectivity index (χ0n) is 12.1. The van der Waals surface area contributed by atoms with Gasteiger partial charge in [0.1, 0.15) is 11.6 Å². The molecule has 1 fully saturated rings. The first-order valence-corrected chi connectivity index (χ1v) is 8.26. The van der Waals surface area contributed by atoms with Crippen molar-refractivity contribution in [2.24, 2.45) is 0 Å². The highest BCUT2D eigenvalue weighted by Crippen LogP contribution is 2.12. The maximum atomic E-state index is 13.0. The minimum Gasteiger partial charge on any atom is -0.354 e. The van der Waals surface area contributed by atoms with Gasteiger partial charge in [-0.3, -0.25) is 9.69 Å². The van der Waals surface area contributed by atoms with Crippen LogP contribution in [0.2, 0.25) is 0 Å². The van der Waals surface area contributed by atoms with Gasteiger partial charge in [-0.1, -0.05) is 0 Å². The van der Waals surface area contributed by atoms with E-state index in [1.165, 1.54) is 12.1 Å². The zero-order valence-corrected chi connectivity index (χ0v) is 12.9. The molecule has 0 bridgehead atoms. The number of benzene rings is 1. The lowest BCUT2D eigenvalue weighted by atomic mass is 10.1. The summed E-state index contributed by atoms with van der Waals surface area (Å²) in [4.78, 5) is 14.2. The maximum Gasteiger partial charge on any atom is 0.237 e. The summed E-state index contributed by atoms with van der Waals surface area (Å²) in [6, 6.07) is 3.27. The van der Waals surface area contributed by atoms with Gasteiger partial charge in [-0.05, 0) is 31.0 Å². The fraction of sp³-hybridized carbons (Fsp3) is 0.533. The topological polar surface area (TPSA) is 32.3 Å². The fourth-order valence-corrected chi connectivity index (χ4v) is 3.29. The van der Waals surface area contributed by atoms with Crippen LogP contribution in [0.5, 0.6) is 0 Å². The number of carbonyl (C=O) groups is 1. The number of nitrogens with zero attached hydrogens (tertiary/aromatic N) is 1. The highest BCUT2D eigenvalue weighted by atomic mass is 32.2. The molecular weight excluding hydrogens is 294 g/mol. The third kappa shape index (κ3) is 4.97. The van der Waals surface area contributed by atoms with Crippen molar-refractivity contribution in [2.75, 3.05) is 31.1 Å². The van der Waals surface area contributed by atoms with Gasteiger partial charge in [0.25, 0.3) is 0 Å². The lowest BCUT2D eigenvalue weighted by Gasteiger charge is -2.31. The molecule has 0 aromatic heterocycles. The van der Waals surface area contributed by atoms with Gasteiger partial charge >= 0.3 is 0 Å². The van der Waals surface area contributed by atoms with E-state index in [0.29, 0.717) is 18.5 Å². The van der Waals surface area contributed by atoms with Crippen LogP contribution in [0, 0.1) is 11.6 Å². The number of nitrogens with one attached hydrogen (secondary N) is 1. The Morgan fingerprint density at radius 1 is 1.29 bits per heavy atom. The van der Waals surface area contributed by atoms with Gasteiger partial charge in [-0.2, -0.15) is 11.8 Å². The van der Waals surface area contributed by atoms with Crippen LogP contribution in [0.15, 0.2) is 18.2 Å². The van der Waals surface area contributed by atoms with E-state index < -0.39 is 11.6 Å². The molecule has 116 valence electrons. The first kappa shape index (κ1) is 16.2. The first-order valence-electron chi connectivity index (χ1n) is 7.11. The largest absolute Gasteiger partial charge is 0.354 e. The summed E-state index contributed by atoms with van der Waals surface area (Å²) in [5.41, 5.74) is 0.551. The smallest absolute Gasteiger partial charge is 0.237 e. The number of hydrogen-bond acceptors (Lipinski definition) is 3. The molecule has 1 aliphatic heterocycles. The van der Waals surface area contributed by atoms with Gasteiger partial charge in [0.2, 0.25) is 5.91 Å². The second-order valence-corrected chi connectivity index (χ2v) is 6.37. The number of amides is 1. The van der Waals surface area contributed by atoms with Crippen LogP contribution in [0.25, 0.3) is 0 Å². The minimum atomic E-state index is -0.587. The molecule has 1 atom stereocenters. The Morgan fingerprint density at radius 3 is 2.52 bits per heavy atom. The summed E-state index contributed by atoms with van der Waals surface area (Å²) in [6.07, 6.45) is 0.420. The number of rotatable bonds is 5. The molecular formula is C15H20F2N2OS. The van der Waals surface area contributed by atoms with Crippen molar-refractivity contribution in [3.8, 4) is 0 Å². The van der Waals surface area contributed by atoms with Crippen molar-refractivity contribution < 1.29 is 13.6 Å².